The van der Waals surface area contributed by atoms with Gasteiger partial charge in [-0.25, -0.2) is 0 Å². The first-order chi connectivity index (χ1) is 8.26. The Kier molecular flexibility index (Phi) is 3.58. The molecule has 0 spiro atoms. The van der Waals surface area contributed by atoms with Gasteiger partial charge < -0.3 is 25.2 Å². The van der Waals surface area contributed by atoms with Crippen LogP contribution in [0.2, 0.25) is 0 Å². The quantitative estimate of drug-likeness (QED) is 0.761. The van der Waals surface area contributed by atoms with Crippen LogP contribution in [0.4, 0.5) is 11.4 Å². The molecule has 0 radical (unpaired) electrons. The Labute approximate surface area is 101 Å². The molecule has 0 bridgehead atoms. The molecule has 0 saturated carbocycles. The Bertz CT molecular complexity index is 396. The van der Waals surface area contributed by atoms with E-state index in [1.807, 2.05) is 17.9 Å². The molecule has 1 aliphatic heterocycles. The molecule has 1 heterocycles. The van der Waals surface area contributed by atoms with Gasteiger partial charge in [0.25, 0.3) is 0 Å². The zero-order valence-electron chi connectivity index (χ0n) is 9.98. The van der Waals surface area contributed by atoms with E-state index in [1.165, 1.54) is 0 Å². The lowest BCUT2D eigenvalue weighted by molar-refractivity contribution is 0.172. The molecule has 5 nitrogen and oxygen atoms in total. The number of ether oxygens (including phenoxy) is 2. The summed E-state index contributed by atoms with van der Waals surface area (Å²) < 4.78 is 11.0. The van der Waals surface area contributed by atoms with Crippen LogP contribution < -0.4 is 20.1 Å². The van der Waals surface area contributed by atoms with Gasteiger partial charge in [-0.3, -0.25) is 0 Å². The number of nitrogens with zero attached hydrogens (tertiary/aromatic N) is 1. The Morgan fingerprint density at radius 2 is 1.94 bits per heavy atom. The molecule has 0 aliphatic carbocycles. The van der Waals surface area contributed by atoms with Gasteiger partial charge in [-0.15, -0.1) is 0 Å². The highest BCUT2D eigenvalue weighted by Crippen LogP contribution is 2.38. The maximum atomic E-state index is 9.02. The number of nitrogens with two attached hydrogens (primary N) is 1. The van der Waals surface area contributed by atoms with Crippen molar-refractivity contribution in [1.82, 2.24) is 0 Å². The fourth-order valence-electron chi connectivity index (χ4n) is 1.94. The molecule has 1 aromatic rings. The third-order valence-corrected chi connectivity index (χ3v) is 2.78. The lowest BCUT2D eigenvalue weighted by Gasteiger charge is -2.26. The van der Waals surface area contributed by atoms with Crippen molar-refractivity contribution in [2.75, 3.05) is 43.5 Å². The molecule has 0 atom stereocenters. The van der Waals surface area contributed by atoms with Crippen molar-refractivity contribution in [3.63, 3.8) is 0 Å². The average molecular weight is 238 g/mol. The van der Waals surface area contributed by atoms with Crippen molar-refractivity contribution in [1.29, 1.82) is 0 Å². The summed E-state index contributed by atoms with van der Waals surface area (Å²) in [5.74, 6) is 1.41. The molecular formula is C12H18N2O3. The molecule has 0 amide bonds. The maximum absolute atomic E-state index is 9.02. The number of aliphatic hydroxyl groups excluding tert-OH is 1. The van der Waals surface area contributed by atoms with Crippen molar-refractivity contribution in [3.05, 3.63) is 12.1 Å². The summed E-state index contributed by atoms with van der Waals surface area (Å²) in [6, 6.07) is 3.66. The van der Waals surface area contributed by atoms with Crippen molar-refractivity contribution in [3.8, 4) is 11.5 Å². The van der Waals surface area contributed by atoms with Gasteiger partial charge in [0.1, 0.15) is 13.2 Å². The monoisotopic (exact) mass is 238 g/mol. The molecule has 17 heavy (non-hydrogen) atoms. The number of fused-ring (bicyclic) bond motifs is 1. The Morgan fingerprint density at radius 3 is 2.53 bits per heavy atom. The van der Waals surface area contributed by atoms with E-state index in [0.717, 1.165) is 18.0 Å². The van der Waals surface area contributed by atoms with Crippen LogP contribution in [0.3, 0.4) is 0 Å². The normalized spacial score (nSPS) is 13.5. The SMILES string of the molecule is CCN(CCO)c1cc2c(cc1N)OCCO2. The second kappa shape index (κ2) is 5.14. The highest BCUT2D eigenvalue weighted by Gasteiger charge is 2.17. The van der Waals surface area contributed by atoms with E-state index in [9.17, 15) is 0 Å². The summed E-state index contributed by atoms with van der Waals surface area (Å²) in [6.45, 7) is 4.57. The Morgan fingerprint density at radius 1 is 1.29 bits per heavy atom. The highest BCUT2D eigenvalue weighted by atomic mass is 16.6. The first-order valence-corrected chi connectivity index (χ1v) is 5.81. The zero-order valence-corrected chi connectivity index (χ0v) is 9.98. The number of benzene rings is 1. The molecule has 1 aliphatic rings. The molecule has 3 N–H and O–H groups in total. The van der Waals surface area contributed by atoms with Crippen LogP contribution in [0.25, 0.3) is 0 Å². The lowest BCUT2D eigenvalue weighted by Crippen LogP contribution is -2.27. The van der Waals surface area contributed by atoms with Crippen LogP contribution in [-0.2, 0) is 0 Å². The van der Waals surface area contributed by atoms with Gasteiger partial charge in [-0.05, 0) is 6.92 Å². The number of likely N-dealkylation sites (N-methyl/N-ethyl adjacent to an activating group) is 1. The molecule has 0 unspecified atom stereocenters. The van der Waals surface area contributed by atoms with E-state index in [0.29, 0.717) is 31.2 Å². The fraction of sp³-hybridized carbons (Fsp3) is 0.500. The predicted octanol–water partition coefficient (Wildman–Crippen LogP) is 0.859. The highest BCUT2D eigenvalue weighted by molar-refractivity contribution is 5.73. The third-order valence-electron chi connectivity index (χ3n) is 2.78. The molecule has 1 aromatic carbocycles. The number of nitrogen functional groups attached to an aromatic ring is 1. The van der Waals surface area contributed by atoms with Gasteiger partial charge in [-0.1, -0.05) is 0 Å². The van der Waals surface area contributed by atoms with E-state index in [2.05, 4.69) is 0 Å². The zero-order chi connectivity index (χ0) is 12.3. The van der Waals surface area contributed by atoms with E-state index in [4.69, 9.17) is 20.3 Å². The Balaban J connectivity index is 2.33. The number of anilines is 2. The minimum atomic E-state index is 0.0989. The van der Waals surface area contributed by atoms with Crippen molar-refractivity contribution in [2.24, 2.45) is 0 Å². The van der Waals surface area contributed by atoms with E-state index < -0.39 is 0 Å². The number of hydrogen-bond donors (Lipinski definition) is 2. The van der Waals surface area contributed by atoms with Gasteiger partial charge >= 0.3 is 0 Å². The molecule has 0 saturated heterocycles. The second-order valence-corrected chi connectivity index (χ2v) is 3.86. The summed E-state index contributed by atoms with van der Waals surface area (Å²) in [6.07, 6.45) is 0. The first kappa shape index (κ1) is 11.9. The molecular weight excluding hydrogens is 220 g/mol. The van der Waals surface area contributed by atoms with Crippen molar-refractivity contribution < 1.29 is 14.6 Å². The smallest absolute Gasteiger partial charge is 0.163 e. The van der Waals surface area contributed by atoms with Crippen LogP contribution in [0.15, 0.2) is 12.1 Å². The lowest BCUT2D eigenvalue weighted by atomic mass is 10.2. The van der Waals surface area contributed by atoms with Crippen LogP contribution in [0.1, 0.15) is 6.92 Å². The minimum Gasteiger partial charge on any atom is -0.486 e. The minimum absolute atomic E-state index is 0.0989. The van der Waals surface area contributed by atoms with E-state index in [1.54, 1.807) is 6.07 Å². The summed E-state index contributed by atoms with van der Waals surface area (Å²) in [7, 11) is 0. The third kappa shape index (κ3) is 2.39. The van der Waals surface area contributed by atoms with Crippen LogP contribution in [-0.4, -0.2) is 38.0 Å². The Hall–Kier alpha value is -1.62. The molecule has 94 valence electrons. The van der Waals surface area contributed by atoms with Gasteiger partial charge in [0.05, 0.1) is 18.0 Å². The van der Waals surface area contributed by atoms with Gasteiger partial charge in [0, 0.05) is 25.2 Å². The molecule has 0 aromatic heterocycles. The number of aliphatic hydroxyl groups is 1. The van der Waals surface area contributed by atoms with Gasteiger partial charge in [0.15, 0.2) is 11.5 Å². The van der Waals surface area contributed by atoms with Gasteiger partial charge in [0.2, 0.25) is 0 Å². The van der Waals surface area contributed by atoms with Crippen LogP contribution in [0, 0.1) is 0 Å². The summed E-state index contributed by atoms with van der Waals surface area (Å²) >= 11 is 0. The first-order valence-electron chi connectivity index (χ1n) is 5.81. The van der Waals surface area contributed by atoms with Crippen molar-refractivity contribution in [2.45, 2.75) is 6.92 Å². The second-order valence-electron chi connectivity index (χ2n) is 3.86. The van der Waals surface area contributed by atoms with Crippen LogP contribution in [0.5, 0.6) is 11.5 Å². The van der Waals surface area contributed by atoms with Crippen molar-refractivity contribution >= 4 is 11.4 Å². The summed E-state index contributed by atoms with van der Waals surface area (Å²) in [5.41, 5.74) is 7.52. The average Bonchev–Trinajstić information content (AvgIpc) is 2.35. The largest absolute Gasteiger partial charge is 0.486 e. The standard InChI is InChI=1S/C12H18N2O3/c1-2-14(3-4-15)10-8-12-11(7-9(10)13)16-5-6-17-12/h7-8,15H,2-6,13H2,1H3. The number of hydrogen-bond acceptors (Lipinski definition) is 5. The topological polar surface area (TPSA) is 68.0 Å². The van der Waals surface area contributed by atoms with E-state index >= 15 is 0 Å². The fourth-order valence-corrected chi connectivity index (χ4v) is 1.94. The summed E-state index contributed by atoms with van der Waals surface area (Å²) in [4.78, 5) is 2.01. The molecule has 5 heteroatoms. The van der Waals surface area contributed by atoms with Crippen LogP contribution >= 0.6 is 0 Å². The molecule has 0 fully saturated rings. The van der Waals surface area contributed by atoms with Gasteiger partial charge in [-0.2, -0.15) is 0 Å². The maximum Gasteiger partial charge on any atom is 0.163 e. The predicted molar refractivity (Wildman–Crippen MR) is 66.8 cm³/mol. The summed E-state index contributed by atoms with van der Waals surface area (Å²) in [5, 5.41) is 9.02. The van der Waals surface area contributed by atoms with E-state index in [-0.39, 0.29) is 6.61 Å². The molecule has 2 rings (SSSR count). The number of rotatable bonds is 4.